The molecule has 2 heterocycles. The van der Waals surface area contributed by atoms with Crippen molar-refractivity contribution in [1.82, 2.24) is 15.1 Å². The molecule has 26 heavy (non-hydrogen) atoms. The minimum atomic E-state index is -0.443. The average molecular weight is 358 g/mol. The second kappa shape index (κ2) is 7.33. The molecule has 0 radical (unpaired) electrons. The van der Waals surface area contributed by atoms with Crippen molar-refractivity contribution in [3.8, 4) is 11.5 Å². The molecule has 1 saturated carbocycles. The summed E-state index contributed by atoms with van der Waals surface area (Å²) in [4.78, 5) is 10.4. The van der Waals surface area contributed by atoms with Gasteiger partial charge in [0.25, 0.3) is 0 Å². The maximum absolute atomic E-state index is 10.9. The van der Waals surface area contributed by atoms with Crippen LogP contribution in [0.1, 0.15) is 37.3 Å². The van der Waals surface area contributed by atoms with Gasteiger partial charge in [0.05, 0.1) is 23.4 Å². The number of nitrogens with zero attached hydrogens (tertiary/aromatic N) is 3. The van der Waals surface area contributed by atoms with Gasteiger partial charge in [-0.2, -0.15) is 4.68 Å². The summed E-state index contributed by atoms with van der Waals surface area (Å²) in [6, 6.07) is 7.94. The maximum atomic E-state index is 10.9. The lowest BCUT2D eigenvalue weighted by atomic mass is 9.90. The van der Waals surface area contributed by atoms with Gasteiger partial charge in [-0.1, -0.05) is 18.9 Å². The molecule has 1 aliphatic carbocycles. The largest absolute Gasteiger partial charge is 0.454 e. The van der Waals surface area contributed by atoms with E-state index in [-0.39, 0.29) is 24.7 Å². The Morgan fingerprint density at radius 1 is 1.23 bits per heavy atom. The van der Waals surface area contributed by atoms with E-state index < -0.39 is 4.92 Å². The first-order valence-electron chi connectivity index (χ1n) is 9.02. The van der Waals surface area contributed by atoms with E-state index in [9.17, 15) is 10.1 Å². The summed E-state index contributed by atoms with van der Waals surface area (Å²) in [5.41, 5.74) is 1.20. The fourth-order valence-corrected chi connectivity index (χ4v) is 3.77. The van der Waals surface area contributed by atoms with E-state index in [1.54, 1.807) is 10.9 Å². The predicted molar refractivity (Wildman–Crippen MR) is 94.4 cm³/mol. The molecule has 0 amide bonds. The zero-order chi connectivity index (χ0) is 17.9. The summed E-state index contributed by atoms with van der Waals surface area (Å²) in [5, 5.41) is 18.6. The van der Waals surface area contributed by atoms with Crippen molar-refractivity contribution in [1.29, 1.82) is 0 Å². The molecule has 0 bridgehead atoms. The van der Waals surface area contributed by atoms with Crippen molar-refractivity contribution in [3.05, 3.63) is 46.1 Å². The normalized spacial score (nSPS) is 21.7. The summed E-state index contributed by atoms with van der Waals surface area (Å²) in [5.74, 6) is 1.52. The van der Waals surface area contributed by atoms with Gasteiger partial charge in [-0.3, -0.25) is 0 Å². The Kier molecular flexibility index (Phi) is 4.75. The molecule has 8 heteroatoms. The van der Waals surface area contributed by atoms with Crippen LogP contribution in [0.3, 0.4) is 0 Å². The first kappa shape index (κ1) is 16.8. The van der Waals surface area contributed by atoms with E-state index in [2.05, 4.69) is 16.5 Å². The Labute approximate surface area is 151 Å². The Balaban J connectivity index is 1.37. The zero-order valence-electron chi connectivity index (χ0n) is 14.5. The molecule has 4 rings (SSSR count). The number of nitro groups is 1. The van der Waals surface area contributed by atoms with Gasteiger partial charge < -0.3 is 24.9 Å². The number of hydrogen-bond donors (Lipinski definition) is 1. The van der Waals surface area contributed by atoms with Gasteiger partial charge in [-0.25, -0.2) is 0 Å². The van der Waals surface area contributed by atoms with Gasteiger partial charge in [-0.15, -0.1) is 0 Å². The van der Waals surface area contributed by atoms with Crippen LogP contribution in [-0.4, -0.2) is 34.1 Å². The Hall–Kier alpha value is -2.61. The highest BCUT2D eigenvalue weighted by atomic mass is 16.7. The van der Waals surface area contributed by atoms with Crippen LogP contribution in [0.5, 0.6) is 11.5 Å². The first-order chi connectivity index (χ1) is 12.7. The standard InChI is InChI=1S/C18H22N4O4/c23-22(24)18-8-10-21(20-18)15-4-2-1-3-14(15)19-9-7-13-5-6-16-17(11-13)26-12-25-16/h5-6,8,10-11,14-15,19H,1-4,7,9,12H2/t14-,15+/m0/s1. The van der Waals surface area contributed by atoms with Gasteiger partial charge in [0.1, 0.15) is 0 Å². The lowest BCUT2D eigenvalue weighted by Gasteiger charge is -2.30. The first-order valence-corrected chi connectivity index (χ1v) is 9.02. The molecular formula is C18H22N4O4. The molecule has 138 valence electrons. The molecule has 1 fully saturated rings. The van der Waals surface area contributed by atoms with Crippen LogP contribution in [0.15, 0.2) is 30.5 Å². The molecule has 2 aliphatic rings. The number of benzene rings is 1. The quantitative estimate of drug-likeness (QED) is 0.631. The number of aromatic nitrogens is 2. The molecule has 0 spiro atoms. The molecule has 2 aromatic rings. The second-order valence-corrected chi connectivity index (χ2v) is 6.76. The summed E-state index contributed by atoms with van der Waals surface area (Å²) in [6.45, 7) is 1.13. The fourth-order valence-electron chi connectivity index (χ4n) is 3.77. The second-order valence-electron chi connectivity index (χ2n) is 6.76. The van der Waals surface area contributed by atoms with Crippen LogP contribution in [0.4, 0.5) is 5.82 Å². The van der Waals surface area contributed by atoms with Crippen LogP contribution in [0.2, 0.25) is 0 Å². The monoisotopic (exact) mass is 358 g/mol. The lowest BCUT2D eigenvalue weighted by molar-refractivity contribution is -0.389. The molecule has 2 atom stereocenters. The van der Waals surface area contributed by atoms with Gasteiger partial charge >= 0.3 is 5.82 Å². The van der Waals surface area contributed by atoms with Crippen molar-refractivity contribution in [3.63, 3.8) is 0 Å². The third-order valence-electron chi connectivity index (χ3n) is 5.11. The summed E-state index contributed by atoms with van der Waals surface area (Å²) in [7, 11) is 0. The summed E-state index contributed by atoms with van der Waals surface area (Å²) >= 11 is 0. The van der Waals surface area contributed by atoms with Crippen molar-refractivity contribution in [2.75, 3.05) is 13.3 Å². The fraction of sp³-hybridized carbons (Fsp3) is 0.500. The smallest absolute Gasteiger partial charge is 0.389 e. The molecule has 1 aromatic carbocycles. The number of ether oxygens (including phenoxy) is 2. The Morgan fingerprint density at radius 2 is 2.08 bits per heavy atom. The minimum absolute atomic E-state index is 0.0883. The van der Waals surface area contributed by atoms with Crippen LogP contribution in [0, 0.1) is 10.1 Å². The van der Waals surface area contributed by atoms with Crippen molar-refractivity contribution in [2.24, 2.45) is 0 Å². The highest BCUT2D eigenvalue weighted by molar-refractivity contribution is 5.44. The Morgan fingerprint density at radius 3 is 2.92 bits per heavy atom. The Bertz CT molecular complexity index is 791. The molecule has 1 aromatic heterocycles. The maximum Gasteiger partial charge on any atom is 0.389 e. The highest BCUT2D eigenvalue weighted by Gasteiger charge is 2.29. The van der Waals surface area contributed by atoms with Crippen LogP contribution in [-0.2, 0) is 6.42 Å². The van der Waals surface area contributed by atoms with Crippen LogP contribution >= 0.6 is 0 Å². The third kappa shape index (κ3) is 3.50. The average Bonchev–Trinajstić information content (AvgIpc) is 3.31. The topological polar surface area (TPSA) is 91.5 Å². The predicted octanol–water partition coefficient (Wildman–Crippen LogP) is 2.84. The molecule has 1 N–H and O–H groups in total. The van der Waals surface area contributed by atoms with E-state index in [1.807, 2.05) is 12.1 Å². The van der Waals surface area contributed by atoms with E-state index in [1.165, 1.54) is 18.1 Å². The molecular weight excluding hydrogens is 336 g/mol. The number of nitrogens with one attached hydrogen (secondary N) is 1. The van der Waals surface area contributed by atoms with E-state index in [0.29, 0.717) is 0 Å². The van der Waals surface area contributed by atoms with Gasteiger partial charge in [0, 0.05) is 6.04 Å². The number of fused-ring (bicyclic) bond motifs is 1. The minimum Gasteiger partial charge on any atom is -0.454 e. The van der Waals surface area contributed by atoms with Gasteiger partial charge in [0.2, 0.25) is 6.79 Å². The van der Waals surface area contributed by atoms with E-state index in [4.69, 9.17) is 9.47 Å². The van der Waals surface area contributed by atoms with Gasteiger partial charge in [0.15, 0.2) is 11.5 Å². The lowest BCUT2D eigenvalue weighted by Crippen LogP contribution is -2.41. The van der Waals surface area contributed by atoms with Crippen LogP contribution in [0.25, 0.3) is 0 Å². The van der Waals surface area contributed by atoms with Crippen LogP contribution < -0.4 is 14.8 Å². The van der Waals surface area contributed by atoms with Crippen molar-refractivity contribution in [2.45, 2.75) is 44.2 Å². The van der Waals surface area contributed by atoms with E-state index in [0.717, 1.165) is 43.7 Å². The van der Waals surface area contributed by atoms with E-state index >= 15 is 0 Å². The summed E-state index contributed by atoms with van der Waals surface area (Å²) in [6.07, 6.45) is 6.94. The molecule has 1 aliphatic heterocycles. The van der Waals surface area contributed by atoms with Gasteiger partial charge in [-0.05, 0) is 48.4 Å². The zero-order valence-corrected chi connectivity index (χ0v) is 14.5. The SMILES string of the molecule is O=[N+]([O-])c1ccn([C@@H]2CCCC[C@@H]2NCCc2ccc3c(c2)OCO3)n1. The molecule has 0 saturated heterocycles. The number of rotatable bonds is 6. The van der Waals surface area contributed by atoms with Crippen molar-refractivity contribution >= 4 is 5.82 Å². The molecule has 8 nitrogen and oxygen atoms in total. The molecule has 0 unspecified atom stereocenters. The van der Waals surface area contributed by atoms with Crippen molar-refractivity contribution < 1.29 is 14.4 Å². The summed E-state index contributed by atoms with van der Waals surface area (Å²) < 4.78 is 12.5. The number of hydrogen-bond acceptors (Lipinski definition) is 6. The third-order valence-corrected chi connectivity index (χ3v) is 5.11. The highest BCUT2D eigenvalue weighted by Crippen LogP contribution is 2.33.